The summed E-state index contributed by atoms with van der Waals surface area (Å²) in [5.41, 5.74) is 1.32. The van der Waals surface area contributed by atoms with E-state index in [1.807, 2.05) is 14.0 Å². The molecule has 0 amide bonds. The molecule has 0 aliphatic carbocycles. The van der Waals surface area contributed by atoms with E-state index >= 15 is 0 Å². The molecule has 0 saturated heterocycles. The third-order valence-electron chi connectivity index (χ3n) is 3.74. The van der Waals surface area contributed by atoms with Crippen molar-refractivity contribution < 1.29 is 4.42 Å². The van der Waals surface area contributed by atoms with Gasteiger partial charge in [0, 0.05) is 11.6 Å². The maximum atomic E-state index is 5.40. The van der Waals surface area contributed by atoms with Crippen molar-refractivity contribution in [2.45, 2.75) is 58.9 Å². The third kappa shape index (κ3) is 4.19. The second-order valence-corrected chi connectivity index (χ2v) is 4.93. The van der Waals surface area contributed by atoms with Crippen LogP contribution in [0.1, 0.15) is 63.3 Å². The third-order valence-corrected chi connectivity index (χ3v) is 3.74. The molecule has 98 valence electrons. The molecule has 1 aromatic heterocycles. The highest BCUT2D eigenvalue weighted by molar-refractivity contribution is 5.20. The summed E-state index contributed by atoms with van der Waals surface area (Å²) in [4.78, 5) is 0. The van der Waals surface area contributed by atoms with Crippen LogP contribution in [0.3, 0.4) is 0 Å². The molecule has 1 aromatic rings. The van der Waals surface area contributed by atoms with E-state index in [9.17, 15) is 0 Å². The normalized spacial score (nSPS) is 14.8. The van der Waals surface area contributed by atoms with Gasteiger partial charge in [-0.3, -0.25) is 0 Å². The van der Waals surface area contributed by atoms with Gasteiger partial charge in [0.2, 0.25) is 0 Å². The van der Waals surface area contributed by atoms with E-state index in [1.54, 1.807) is 6.26 Å². The fraction of sp³-hybridized carbons (Fsp3) is 0.733. The monoisotopic (exact) mass is 237 g/mol. The molecule has 0 fully saturated rings. The molecule has 0 bridgehead atoms. The van der Waals surface area contributed by atoms with E-state index in [1.165, 1.54) is 37.7 Å². The van der Waals surface area contributed by atoms with Gasteiger partial charge in [-0.25, -0.2) is 0 Å². The summed E-state index contributed by atoms with van der Waals surface area (Å²) in [5.74, 6) is 1.87. The van der Waals surface area contributed by atoms with E-state index in [0.29, 0.717) is 6.04 Å². The summed E-state index contributed by atoms with van der Waals surface area (Å²) < 4.78 is 5.40. The van der Waals surface area contributed by atoms with Crippen molar-refractivity contribution >= 4 is 0 Å². The number of rotatable bonds is 8. The first-order valence-electron chi connectivity index (χ1n) is 6.94. The van der Waals surface area contributed by atoms with Crippen LogP contribution in [-0.2, 0) is 0 Å². The molecule has 1 N–H and O–H groups in total. The van der Waals surface area contributed by atoms with E-state index in [0.717, 1.165) is 11.7 Å². The average Bonchev–Trinajstić information content (AvgIpc) is 2.76. The minimum Gasteiger partial charge on any atom is -0.469 e. The van der Waals surface area contributed by atoms with Crippen LogP contribution < -0.4 is 5.32 Å². The van der Waals surface area contributed by atoms with E-state index in [4.69, 9.17) is 4.42 Å². The number of unbranched alkanes of at least 4 members (excludes halogenated alkanes) is 1. The Morgan fingerprint density at radius 3 is 2.59 bits per heavy atom. The predicted molar refractivity (Wildman–Crippen MR) is 73.2 cm³/mol. The van der Waals surface area contributed by atoms with Crippen LogP contribution in [0.15, 0.2) is 16.7 Å². The van der Waals surface area contributed by atoms with Gasteiger partial charge in [0.05, 0.1) is 6.26 Å². The van der Waals surface area contributed by atoms with Gasteiger partial charge >= 0.3 is 0 Å². The van der Waals surface area contributed by atoms with Crippen LogP contribution in [0, 0.1) is 12.8 Å². The van der Waals surface area contributed by atoms with Gasteiger partial charge in [-0.1, -0.05) is 39.5 Å². The fourth-order valence-corrected chi connectivity index (χ4v) is 2.47. The Hall–Kier alpha value is -0.760. The second kappa shape index (κ2) is 7.54. The zero-order chi connectivity index (χ0) is 12.7. The Kier molecular flexibility index (Phi) is 6.35. The molecule has 2 nitrogen and oxygen atoms in total. The number of hydrogen-bond acceptors (Lipinski definition) is 2. The minimum absolute atomic E-state index is 0.440. The van der Waals surface area contributed by atoms with Crippen molar-refractivity contribution in [3.63, 3.8) is 0 Å². The SMILES string of the molecule is CCCCC(CC)CC(NC)c1ccoc1C. The molecule has 17 heavy (non-hydrogen) atoms. The molecule has 0 aromatic carbocycles. The van der Waals surface area contributed by atoms with Crippen LogP contribution in [0.2, 0.25) is 0 Å². The summed E-state index contributed by atoms with van der Waals surface area (Å²) in [6.07, 6.45) is 8.28. The first kappa shape index (κ1) is 14.3. The molecule has 0 saturated carbocycles. The van der Waals surface area contributed by atoms with Gasteiger partial charge in [0.1, 0.15) is 5.76 Å². The number of aryl methyl sites for hydroxylation is 1. The molecular weight excluding hydrogens is 210 g/mol. The Balaban J connectivity index is 2.59. The van der Waals surface area contributed by atoms with E-state index < -0.39 is 0 Å². The quantitative estimate of drug-likeness (QED) is 0.722. The Labute approximate surface area is 106 Å². The molecule has 1 heterocycles. The van der Waals surface area contributed by atoms with Gasteiger partial charge in [-0.05, 0) is 32.4 Å². The Morgan fingerprint density at radius 1 is 1.35 bits per heavy atom. The van der Waals surface area contributed by atoms with Gasteiger partial charge in [-0.2, -0.15) is 0 Å². The van der Waals surface area contributed by atoms with E-state index in [-0.39, 0.29) is 0 Å². The first-order valence-corrected chi connectivity index (χ1v) is 6.94. The minimum atomic E-state index is 0.440. The zero-order valence-corrected chi connectivity index (χ0v) is 11.8. The van der Waals surface area contributed by atoms with Crippen LogP contribution in [-0.4, -0.2) is 7.05 Å². The highest BCUT2D eigenvalue weighted by Crippen LogP contribution is 2.28. The Morgan fingerprint density at radius 2 is 2.12 bits per heavy atom. The lowest BCUT2D eigenvalue weighted by atomic mass is 9.89. The number of nitrogens with one attached hydrogen (secondary N) is 1. The molecule has 2 atom stereocenters. The Bertz CT molecular complexity index is 306. The van der Waals surface area contributed by atoms with Crippen molar-refractivity contribution in [3.8, 4) is 0 Å². The first-order chi connectivity index (χ1) is 8.22. The lowest BCUT2D eigenvalue weighted by molar-refractivity contribution is 0.362. The lowest BCUT2D eigenvalue weighted by Gasteiger charge is -2.22. The summed E-state index contributed by atoms with van der Waals surface area (Å²) in [6, 6.07) is 2.54. The van der Waals surface area contributed by atoms with Gasteiger partial charge in [0.15, 0.2) is 0 Å². The van der Waals surface area contributed by atoms with Crippen molar-refractivity contribution in [2.75, 3.05) is 7.05 Å². The van der Waals surface area contributed by atoms with Crippen molar-refractivity contribution in [1.82, 2.24) is 5.32 Å². The van der Waals surface area contributed by atoms with Gasteiger partial charge in [-0.15, -0.1) is 0 Å². The van der Waals surface area contributed by atoms with Gasteiger partial charge in [0.25, 0.3) is 0 Å². The topological polar surface area (TPSA) is 25.2 Å². The molecule has 2 heteroatoms. The van der Waals surface area contributed by atoms with Crippen molar-refractivity contribution in [3.05, 3.63) is 23.7 Å². The maximum absolute atomic E-state index is 5.40. The standard InChI is InChI=1S/C15H27NO/c1-5-7-8-13(6-2)11-15(16-4)14-9-10-17-12(14)3/h9-10,13,15-16H,5-8,11H2,1-4H3. The molecule has 1 rings (SSSR count). The maximum Gasteiger partial charge on any atom is 0.105 e. The average molecular weight is 237 g/mol. The molecular formula is C15H27NO. The van der Waals surface area contributed by atoms with E-state index in [2.05, 4.69) is 25.2 Å². The fourth-order valence-electron chi connectivity index (χ4n) is 2.47. The highest BCUT2D eigenvalue weighted by atomic mass is 16.3. The van der Waals surface area contributed by atoms with Crippen LogP contribution in [0.5, 0.6) is 0 Å². The summed E-state index contributed by atoms with van der Waals surface area (Å²) in [5, 5.41) is 3.43. The highest BCUT2D eigenvalue weighted by Gasteiger charge is 2.18. The lowest BCUT2D eigenvalue weighted by Crippen LogP contribution is -2.20. The number of hydrogen-bond donors (Lipinski definition) is 1. The number of furan rings is 1. The van der Waals surface area contributed by atoms with Crippen LogP contribution >= 0.6 is 0 Å². The smallest absolute Gasteiger partial charge is 0.105 e. The molecule has 2 unspecified atom stereocenters. The summed E-state index contributed by atoms with van der Waals surface area (Å²) >= 11 is 0. The van der Waals surface area contributed by atoms with Crippen LogP contribution in [0.4, 0.5) is 0 Å². The second-order valence-electron chi connectivity index (χ2n) is 4.93. The predicted octanol–water partition coefficient (Wildman–Crippen LogP) is 4.46. The van der Waals surface area contributed by atoms with Crippen molar-refractivity contribution in [1.29, 1.82) is 0 Å². The summed E-state index contributed by atoms with van der Waals surface area (Å²) in [7, 11) is 2.05. The van der Waals surface area contributed by atoms with Gasteiger partial charge < -0.3 is 9.73 Å². The zero-order valence-electron chi connectivity index (χ0n) is 11.8. The molecule has 0 spiro atoms. The van der Waals surface area contributed by atoms with Crippen molar-refractivity contribution in [2.24, 2.45) is 5.92 Å². The molecule has 0 aliphatic rings. The van der Waals surface area contributed by atoms with Crippen LogP contribution in [0.25, 0.3) is 0 Å². The molecule has 0 aliphatic heterocycles. The molecule has 0 radical (unpaired) electrons. The largest absolute Gasteiger partial charge is 0.469 e. The summed E-state index contributed by atoms with van der Waals surface area (Å²) in [6.45, 7) is 6.62.